The summed E-state index contributed by atoms with van der Waals surface area (Å²) in [5.74, 6) is -0.421. The summed E-state index contributed by atoms with van der Waals surface area (Å²) in [7, 11) is 0. The number of aliphatic carboxylic acids is 1. The first kappa shape index (κ1) is 35.5. The number of carboxylic acids is 1. The number of hydrogen-bond donors (Lipinski definition) is 0. The lowest BCUT2D eigenvalue weighted by atomic mass is 9.84. The van der Waals surface area contributed by atoms with Gasteiger partial charge in [-0.2, -0.15) is 0 Å². The van der Waals surface area contributed by atoms with Gasteiger partial charge in [-0.1, -0.05) is 188 Å². The highest BCUT2D eigenvalue weighted by molar-refractivity contribution is 5.67. The van der Waals surface area contributed by atoms with E-state index in [0.29, 0.717) is 5.92 Å². The summed E-state index contributed by atoms with van der Waals surface area (Å²) in [6.45, 7) is 6.82. The van der Waals surface area contributed by atoms with Crippen LogP contribution in [0.1, 0.15) is 201 Å². The lowest BCUT2D eigenvalue weighted by Gasteiger charge is -2.25. The Labute approximate surface area is 228 Å². The molecule has 0 heterocycles. The summed E-state index contributed by atoms with van der Waals surface area (Å²) < 4.78 is 0. The molecule has 0 aliphatic rings. The van der Waals surface area contributed by atoms with E-state index in [1.165, 1.54) is 161 Å². The third-order valence-corrected chi connectivity index (χ3v) is 8.29. The summed E-state index contributed by atoms with van der Waals surface area (Å²) in [6.07, 6.45) is 36.0. The van der Waals surface area contributed by atoms with E-state index >= 15 is 0 Å². The van der Waals surface area contributed by atoms with Gasteiger partial charge in [0.15, 0.2) is 0 Å². The Hall–Kier alpha value is -0.530. The van der Waals surface area contributed by atoms with Gasteiger partial charge in [-0.3, -0.25) is 0 Å². The van der Waals surface area contributed by atoms with Gasteiger partial charge in [-0.25, -0.2) is 0 Å². The molecule has 0 saturated heterocycles. The summed E-state index contributed by atoms with van der Waals surface area (Å²) >= 11 is 0. The molecule has 0 saturated carbocycles. The van der Waals surface area contributed by atoms with Crippen LogP contribution in [0.2, 0.25) is 0 Å². The van der Waals surface area contributed by atoms with Crippen molar-refractivity contribution in [2.45, 2.75) is 201 Å². The Bertz CT molecular complexity index is 433. The summed E-state index contributed by atoms with van der Waals surface area (Å²) in [6, 6.07) is 0. The van der Waals surface area contributed by atoms with Crippen LogP contribution in [-0.2, 0) is 4.79 Å². The first-order chi connectivity index (χ1) is 17.7. The monoisotopic (exact) mass is 508 g/mol. The van der Waals surface area contributed by atoms with Crippen LogP contribution >= 0.6 is 0 Å². The molecule has 0 rings (SSSR count). The van der Waals surface area contributed by atoms with Crippen LogP contribution in [0.5, 0.6) is 0 Å². The average Bonchev–Trinajstić information content (AvgIpc) is 2.87. The Morgan fingerprint density at radius 2 is 0.722 bits per heavy atom. The van der Waals surface area contributed by atoms with E-state index in [1.807, 2.05) is 0 Å². The molecule has 0 fully saturated rings. The minimum absolute atomic E-state index is 0.224. The second kappa shape index (κ2) is 29.0. The molecular weight excluding hydrogens is 440 g/mol. The van der Waals surface area contributed by atoms with Crippen LogP contribution in [-0.4, -0.2) is 5.97 Å². The Kier molecular flexibility index (Phi) is 28.6. The van der Waals surface area contributed by atoms with E-state index in [2.05, 4.69) is 20.8 Å². The molecule has 2 nitrogen and oxygen atoms in total. The topological polar surface area (TPSA) is 40.1 Å². The van der Waals surface area contributed by atoms with E-state index in [-0.39, 0.29) is 5.92 Å². The molecule has 2 atom stereocenters. The third kappa shape index (κ3) is 25.1. The standard InChI is InChI=1S/C34H68O2/c1-4-7-10-13-16-18-19-21-24-27-30-33(34(35)36)31-32(28-25-22-15-12-9-6-3)29-26-23-20-17-14-11-8-5-2/h32-33H,4-31H2,1-3H3,(H,35,36)/p-1. The number of rotatable bonds is 30. The van der Waals surface area contributed by atoms with Gasteiger partial charge in [0.25, 0.3) is 0 Å². The van der Waals surface area contributed by atoms with Gasteiger partial charge in [0.2, 0.25) is 0 Å². The van der Waals surface area contributed by atoms with E-state index in [4.69, 9.17) is 0 Å². The van der Waals surface area contributed by atoms with Crippen LogP contribution in [0.15, 0.2) is 0 Å². The largest absolute Gasteiger partial charge is 0.550 e. The highest BCUT2D eigenvalue weighted by atomic mass is 16.4. The van der Waals surface area contributed by atoms with E-state index in [0.717, 1.165) is 19.3 Å². The van der Waals surface area contributed by atoms with Gasteiger partial charge in [-0.05, 0) is 24.7 Å². The summed E-state index contributed by atoms with van der Waals surface area (Å²) in [5, 5.41) is 12.0. The van der Waals surface area contributed by atoms with Crippen molar-refractivity contribution in [1.82, 2.24) is 0 Å². The lowest BCUT2D eigenvalue weighted by molar-refractivity contribution is -0.312. The molecule has 2 heteroatoms. The molecule has 2 unspecified atom stereocenters. The summed E-state index contributed by atoms with van der Waals surface area (Å²) in [5.41, 5.74) is 0. The predicted octanol–water partition coefficient (Wildman–Crippen LogP) is 11.0. The average molecular weight is 508 g/mol. The van der Waals surface area contributed by atoms with Crippen molar-refractivity contribution in [1.29, 1.82) is 0 Å². The zero-order valence-electron chi connectivity index (χ0n) is 25.3. The van der Waals surface area contributed by atoms with Crippen molar-refractivity contribution >= 4 is 5.97 Å². The van der Waals surface area contributed by atoms with Crippen LogP contribution in [0.3, 0.4) is 0 Å². The maximum Gasteiger partial charge on any atom is 0.0445 e. The lowest BCUT2D eigenvalue weighted by Crippen LogP contribution is -2.32. The highest BCUT2D eigenvalue weighted by Crippen LogP contribution is 2.28. The Morgan fingerprint density at radius 3 is 1.03 bits per heavy atom. The molecule has 0 radical (unpaired) electrons. The smallest absolute Gasteiger partial charge is 0.0445 e. The maximum atomic E-state index is 12.0. The number of carbonyl (C=O) groups excluding carboxylic acids is 1. The minimum Gasteiger partial charge on any atom is -0.550 e. The fourth-order valence-corrected chi connectivity index (χ4v) is 5.77. The van der Waals surface area contributed by atoms with Gasteiger partial charge >= 0.3 is 0 Å². The molecule has 0 N–H and O–H groups in total. The predicted molar refractivity (Wildman–Crippen MR) is 158 cm³/mol. The maximum absolute atomic E-state index is 12.0. The van der Waals surface area contributed by atoms with E-state index in [1.54, 1.807) is 0 Å². The molecule has 216 valence electrons. The quantitative estimate of drug-likeness (QED) is 0.0907. The first-order valence-corrected chi connectivity index (χ1v) is 16.9. The van der Waals surface area contributed by atoms with Gasteiger partial charge in [0, 0.05) is 5.97 Å². The Morgan fingerprint density at radius 1 is 0.444 bits per heavy atom. The molecule has 0 amide bonds. The van der Waals surface area contributed by atoms with Gasteiger partial charge in [0.1, 0.15) is 0 Å². The fraction of sp³-hybridized carbons (Fsp3) is 0.971. The number of hydrogen-bond acceptors (Lipinski definition) is 2. The fourth-order valence-electron chi connectivity index (χ4n) is 5.77. The van der Waals surface area contributed by atoms with Crippen molar-refractivity contribution in [3.8, 4) is 0 Å². The number of unbranched alkanes of at least 4 members (excludes halogenated alkanes) is 21. The van der Waals surface area contributed by atoms with Gasteiger partial charge in [-0.15, -0.1) is 0 Å². The zero-order chi connectivity index (χ0) is 26.5. The van der Waals surface area contributed by atoms with Crippen molar-refractivity contribution in [3.63, 3.8) is 0 Å². The second-order valence-electron chi connectivity index (χ2n) is 11.9. The molecule has 0 aromatic rings. The molecule has 0 aromatic carbocycles. The van der Waals surface area contributed by atoms with Crippen molar-refractivity contribution < 1.29 is 9.90 Å². The van der Waals surface area contributed by atoms with E-state index < -0.39 is 5.97 Å². The van der Waals surface area contributed by atoms with E-state index in [9.17, 15) is 9.90 Å². The van der Waals surface area contributed by atoms with Crippen molar-refractivity contribution in [2.24, 2.45) is 11.8 Å². The Balaban J connectivity index is 4.26. The number of carbonyl (C=O) groups is 1. The summed E-state index contributed by atoms with van der Waals surface area (Å²) in [4.78, 5) is 12.0. The minimum atomic E-state index is -0.783. The third-order valence-electron chi connectivity index (χ3n) is 8.29. The zero-order valence-corrected chi connectivity index (χ0v) is 25.3. The molecule has 0 aliphatic heterocycles. The number of carboxylic acid groups (broad SMARTS) is 1. The first-order valence-electron chi connectivity index (χ1n) is 16.9. The van der Waals surface area contributed by atoms with Crippen LogP contribution < -0.4 is 5.11 Å². The normalized spacial score (nSPS) is 13.2. The SMILES string of the molecule is CCCCCCCCCCCCC(CC(CCCCCCCC)CCCCCCCCCC)C(=O)[O-]. The highest BCUT2D eigenvalue weighted by Gasteiger charge is 2.17. The molecule has 0 spiro atoms. The molecule has 0 aliphatic carbocycles. The van der Waals surface area contributed by atoms with Crippen LogP contribution in [0.25, 0.3) is 0 Å². The molecule has 36 heavy (non-hydrogen) atoms. The van der Waals surface area contributed by atoms with Crippen LogP contribution in [0.4, 0.5) is 0 Å². The van der Waals surface area contributed by atoms with Crippen LogP contribution in [0, 0.1) is 11.8 Å². The van der Waals surface area contributed by atoms with Gasteiger partial charge < -0.3 is 9.90 Å². The van der Waals surface area contributed by atoms with Crippen molar-refractivity contribution in [3.05, 3.63) is 0 Å². The van der Waals surface area contributed by atoms with Gasteiger partial charge in [0.05, 0.1) is 0 Å². The molecule has 0 bridgehead atoms. The second-order valence-corrected chi connectivity index (χ2v) is 11.9. The van der Waals surface area contributed by atoms with Crippen molar-refractivity contribution in [2.75, 3.05) is 0 Å². The molecule has 0 aromatic heterocycles. The molecular formula is C34H67O2-.